The van der Waals surface area contributed by atoms with Crippen LogP contribution in [0.15, 0.2) is 17.2 Å². The van der Waals surface area contributed by atoms with E-state index in [0.29, 0.717) is 18.4 Å². The molecule has 2 atom stereocenters. The average molecular weight is 276 g/mol. The number of fused-ring (bicyclic) bond motifs is 1. The maximum atomic E-state index is 11.9. The van der Waals surface area contributed by atoms with E-state index >= 15 is 0 Å². The van der Waals surface area contributed by atoms with E-state index in [0.717, 1.165) is 18.7 Å². The maximum absolute atomic E-state index is 11.9. The zero-order chi connectivity index (χ0) is 14.1. The van der Waals surface area contributed by atoms with Gasteiger partial charge in [-0.3, -0.25) is 14.8 Å². The van der Waals surface area contributed by atoms with Crippen LogP contribution in [0.5, 0.6) is 0 Å². The molecule has 0 saturated carbocycles. The largest absolute Gasteiger partial charge is 0.327 e. The predicted octanol–water partition coefficient (Wildman–Crippen LogP) is 0.119. The van der Waals surface area contributed by atoms with E-state index < -0.39 is 0 Å². The van der Waals surface area contributed by atoms with Crippen molar-refractivity contribution in [1.29, 1.82) is 0 Å². The second-order valence-electron chi connectivity index (χ2n) is 5.50. The second kappa shape index (κ2) is 5.34. The molecule has 108 valence electrons. The molecule has 7 nitrogen and oxygen atoms in total. The standard InChI is InChI=1S/C13H20N6O/c1-9(14)11-4-2-3-5-18(11)7-10-6-12(20)19-13(17-10)15-8-16-19/h6,8-9,11H,2-5,7,14H2,1H3,(H,15,16,17). The molecule has 1 aliphatic heterocycles. The van der Waals surface area contributed by atoms with Crippen LogP contribution >= 0.6 is 0 Å². The molecule has 3 N–H and O–H groups in total. The van der Waals surface area contributed by atoms with E-state index in [9.17, 15) is 4.79 Å². The summed E-state index contributed by atoms with van der Waals surface area (Å²) in [6, 6.07) is 2.06. The van der Waals surface area contributed by atoms with Gasteiger partial charge in [0.15, 0.2) is 0 Å². The number of H-pyrrole nitrogens is 1. The van der Waals surface area contributed by atoms with Crippen LogP contribution < -0.4 is 11.3 Å². The Balaban J connectivity index is 1.86. The molecule has 0 aliphatic carbocycles. The van der Waals surface area contributed by atoms with Crippen molar-refractivity contribution in [3.05, 3.63) is 28.4 Å². The average Bonchev–Trinajstić information content (AvgIpc) is 2.88. The van der Waals surface area contributed by atoms with Crippen LogP contribution in [0.3, 0.4) is 0 Å². The molecule has 0 amide bonds. The van der Waals surface area contributed by atoms with Crippen molar-refractivity contribution in [3.8, 4) is 0 Å². The topological polar surface area (TPSA) is 92.3 Å². The highest BCUT2D eigenvalue weighted by atomic mass is 16.1. The van der Waals surface area contributed by atoms with Gasteiger partial charge in [-0.1, -0.05) is 6.42 Å². The summed E-state index contributed by atoms with van der Waals surface area (Å²) < 4.78 is 1.34. The highest BCUT2D eigenvalue weighted by molar-refractivity contribution is 5.26. The quantitative estimate of drug-likeness (QED) is 0.830. The number of hydrogen-bond donors (Lipinski definition) is 2. The summed E-state index contributed by atoms with van der Waals surface area (Å²) in [6.45, 7) is 3.71. The van der Waals surface area contributed by atoms with Crippen LogP contribution in [0.25, 0.3) is 5.78 Å². The van der Waals surface area contributed by atoms with Gasteiger partial charge in [-0.15, -0.1) is 0 Å². The third kappa shape index (κ3) is 2.46. The molecule has 0 spiro atoms. The van der Waals surface area contributed by atoms with Gasteiger partial charge < -0.3 is 5.73 Å². The summed E-state index contributed by atoms with van der Waals surface area (Å²) in [4.78, 5) is 22.7. The van der Waals surface area contributed by atoms with Crippen LogP contribution in [0, 0.1) is 0 Å². The summed E-state index contributed by atoms with van der Waals surface area (Å²) in [5.41, 5.74) is 6.70. The Hall–Kier alpha value is -1.73. The Bertz CT molecular complexity index is 646. The molecule has 2 aromatic heterocycles. The summed E-state index contributed by atoms with van der Waals surface area (Å²) in [5.74, 6) is 0.418. The zero-order valence-electron chi connectivity index (χ0n) is 11.6. The van der Waals surface area contributed by atoms with Gasteiger partial charge in [0, 0.05) is 24.7 Å². The van der Waals surface area contributed by atoms with Gasteiger partial charge >= 0.3 is 0 Å². The van der Waals surface area contributed by atoms with E-state index in [1.807, 2.05) is 6.92 Å². The first-order chi connectivity index (χ1) is 9.65. The Morgan fingerprint density at radius 2 is 2.40 bits per heavy atom. The number of nitrogens with zero attached hydrogens (tertiary/aromatic N) is 4. The third-order valence-corrected chi connectivity index (χ3v) is 3.96. The molecule has 0 bridgehead atoms. The molecule has 0 aromatic carbocycles. The normalized spacial score (nSPS) is 22.2. The highest BCUT2D eigenvalue weighted by Crippen LogP contribution is 2.20. The number of rotatable bonds is 3. The highest BCUT2D eigenvalue weighted by Gasteiger charge is 2.25. The van der Waals surface area contributed by atoms with Crippen molar-refractivity contribution in [3.63, 3.8) is 0 Å². The zero-order valence-corrected chi connectivity index (χ0v) is 11.6. The van der Waals surface area contributed by atoms with Crippen LogP contribution in [0.4, 0.5) is 0 Å². The lowest BCUT2D eigenvalue weighted by atomic mass is 9.97. The molecule has 2 unspecified atom stereocenters. The van der Waals surface area contributed by atoms with Gasteiger partial charge in [0.1, 0.15) is 6.33 Å². The summed E-state index contributed by atoms with van der Waals surface area (Å²) in [5, 5.41) is 2.74. The monoisotopic (exact) mass is 276 g/mol. The molecule has 0 radical (unpaired) electrons. The third-order valence-electron chi connectivity index (χ3n) is 3.96. The van der Waals surface area contributed by atoms with Gasteiger partial charge in [-0.2, -0.15) is 4.52 Å². The van der Waals surface area contributed by atoms with Crippen molar-refractivity contribution < 1.29 is 0 Å². The number of aromatic amines is 1. The lowest BCUT2D eigenvalue weighted by molar-refractivity contribution is 0.121. The Labute approximate surface area is 116 Å². The SMILES string of the molecule is CC(N)C1CCCCN1Cc1cc(=O)n2[nH]cnc2n1. The first-order valence-corrected chi connectivity index (χ1v) is 7.07. The fraction of sp³-hybridized carbons (Fsp3) is 0.615. The fourth-order valence-electron chi connectivity index (χ4n) is 2.97. The summed E-state index contributed by atoms with van der Waals surface area (Å²) in [6.07, 6.45) is 4.98. The summed E-state index contributed by atoms with van der Waals surface area (Å²) >= 11 is 0. The fourth-order valence-corrected chi connectivity index (χ4v) is 2.97. The Morgan fingerprint density at radius 3 is 3.20 bits per heavy atom. The number of likely N-dealkylation sites (tertiary alicyclic amines) is 1. The first kappa shape index (κ1) is 13.3. The van der Waals surface area contributed by atoms with E-state index in [1.165, 1.54) is 23.7 Å². The molecule has 3 heterocycles. The Morgan fingerprint density at radius 1 is 1.55 bits per heavy atom. The minimum Gasteiger partial charge on any atom is -0.327 e. The smallest absolute Gasteiger partial charge is 0.274 e. The van der Waals surface area contributed by atoms with E-state index in [4.69, 9.17) is 5.73 Å². The predicted molar refractivity (Wildman–Crippen MR) is 75.3 cm³/mol. The number of piperidine rings is 1. The van der Waals surface area contributed by atoms with Gasteiger partial charge in [0.05, 0.1) is 5.69 Å². The molecule has 2 aromatic rings. The van der Waals surface area contributed by atoms with Gasteiger partial charge in [0.2, 0.25) is 0 Å². The molecular formula is C13H20N6O. The van der Waals surface area contributed by atoms with Gasteiger partial charge in [-0.25, -0.2) is 9.97 Å². The van der Waals surface area contributed by atoms with E-state index in [1.54, 1.807) is 6.07 Å². The molecule has 7 heteroatoms. The minimum absolute atomic E-state index is 0.128. The lowest BCUT2D eigenvalue weighted by Gasteiger charge is -2.37. The molecular weight excluding hydrogens is 256 g/mol. The van der Waals surface area contributed by atoms with Crippen molar-refractivity contribution in [2.45, 2.75) is 44.8 Å². The molecule has 1 aliphatic rings. The van der Waals surface area contributed by atoms with E-state index in [-0.39, 0.29) is 11.6 Å². The number of nitrogens with one attached hydrogen (secondary N) is 1. The van der Waals surface area contributed by atoms with E-state index in [2.05, 4.69) is 20.0 Å². The van der Waals surface area contributed by atoms with Gasteiger partial charge in [-0.05, 0) is 26.3 Å². The van der Waals surface area contributed by atoms with Crippen molar-refractivity contribution in [2.24, 2.45) is 5.73 Å². The number of hydrogen-bond acceptors (Lipinski definition) is 5. The Kier molecular flexibility index (Phi) is 3.54. The maximum Gasteiger partial charge on any atom is 0.274 e. The lowest BCUT2D eigenvalue weighted by Crippen LogP contribution is -2.48. The first-order valence-electron chi connectivity index (χ1n) is 7.07. The number of aromatic nitrogens is 4. The molecule has 3 rings (SSSR count). The molecule has 1 saturated heterocycles. The minimum atomic E-state index is -0.128. The van der Waals surface area contributed by atoms with Crippen LogP contribution in [-0.2, 0) is 6.54 Å². The second-order valence-corrected chi connectivity index (χ2v) is 5.50. The van der Waals surface area contributed by atoms with Crippen LogP contribution in [-0.4, -0.2) is 43.1 Å². The molecule has 20 heavy (non-hydrogen) atoms. The van der Waals surface area contributed by atoms with Crippen LogP contribution in [0.2, 0.25) is 0 Å². The van der Waals surface area contributed by atoms with Crippen molar-refractivity contribution >= 4 is 5.78 Å². The van der Waals surface area contributed by atoms with Gasteiger partial charge in [0.25, 0.3) is 11.3 Å². The van der Waals surface area contributed by atoms with Crippen molar-refractivity contribution in [1.82, 2.24) is 24.5 Å². The summed E-state index contributed by atoms with van der Waals surface area (Å²) in [7, 11) is 0. The number of nitrogens with two attached hydrogens (primary N) is 1. The van der Waals surface area contributed by atoms with Crippen molar-refractivity contribution in [2.75, 3.05) is 6.54 Å². The van der Waals surface area contributed by atoms with Crippen LogP contribution in [0.1, 0.15) is 31.9 Å². The molecule has 1 fully saturated rings.